The van der Waals surface area contributed by atoms with Gasteiger partial charge in [-0.15, -0.1) is 6.58 Å². The first-order valence-electron chi connectivity index (χ1n) is 5.36. The lowest BCUT2D eigenvalue weighted by atomic mass is 9.90. The van der Waals surface area contributed by atoms with E-state index in [2.05, 4.69) is 44.6 Å². The lowest BCUT2D eigenvalue weighted by Gasteiger charge is -2.42. The summed E-state index contributed by atoms with van der Waals surface area (Å²) >= 11 is 0. The predicted molar refractivity (Wildman–Crippen MR) is 62.9 cm³/mol. The average molecular weight is 199 g/mol. The smallest absolute Gasteiger partial charge is 0.0423 e. The molecule has 0 radical (unpaired) electrons. The van der Waals surface area contributed by atoms with Crippen LogP contribution in [0.25, 0.3) is 0 Å². The molecule has 0 rings (SSSR count). The molecule has 3 nitrogen and oxygen atoms in total. The Morgan fingerprint density at radius 2 is 1.93 bits per heavy atom. The fourth-order valence-electron chi connectivity index (χ4n) is 1.99. The Kier molecular flexibility index (Phi) is 6.00. The van der Waals surface area contributed by atoms with Gasteiger partial charge in [0.15, 0.2) is 0 Å². The molecule has 3 heteroatoms. The van der Waals surface area contributed by atoms with Crippen molar-refractivity contribution >= 4 is 0 Å². The maximum absolute atomic E-state index is 5.57. The molecule has 0 saturated heterocycles. The third-order valence-electron chi connectivity index (χ3n) is 3.03. The summed E-state index contributed by atoms with van der Waals surface area (Å²) in [6, 6.07) is 0.250. The fraction of sp³-hybridized carbons (Fsp3) is 0.818. The van der Waals surface area contributed by atoms with E-state index in [0.717, 1.165) is 19.5 Å². The van der Waals surface area contributed by atoms with E-state index in [4.69, 9.17) is 5.84 Å². The van der Waals surface area contributed by atoms with Gasteiger partial charge in [0, 0.05) is 11.6 Å². The number of nitrogens with zero attached hydrogens (tertiary/aromatic N) is 1. The first kappa shape index (κ1) is 13.6. The van der Waals surface area contributed by atoms with E-state index < -0.39 is 0 Å². The van der Waals surface area contributed by atoms with Crippen LogP contribution >= 0.6 is 0 Å². The van der Waals surface area contributed by atoms with Crippen LogP contribution in [0.15, 0.2) is 12.7 Å². The van der Waals surface area contributed by atoms with Crippen molar-refractivity contribution in [1.82, 2.24) is 10.3 Å². The third kappa shape index (κ3) is 3.08. The van der Waals surface area contributed by atoms with Gasteiger partial charge in [-0.3, -0.25) is 16.2 Å². The second-order valence-corrected chi connectivity index (χ2v) is 4.07. The van der Waals surface area contributed by atoms with Gasteiger partial charge < -0.3 is 0 Å². The molecule has 84 valence electrons. The molecule has 0 saturated carbocycles. The number of hydrogen-bond acceptors (Lipinski definition) is 3. The minimum absolute atomic E-state index is 0.0619. The van der Waals surface area contributed by atoms with Crippen LogP contribution in [0.3, 0.4) is 0 Å². The molecule has 0 fully saturated rings. The highest BCUT2D eigenvalue weighted by Crippen LogP contribution is 2.20. The van der Waals surface area contributed by atoms with Crippen LogP contribution in [0.1, 0.15) is 34.1 Å². The molecule has 3 N–H and O–H groups in total. The molecule has 0 aromatic heterocycles. The van der Waals surface area contributed by atoms with Crippen LogP contribution in [-0.4, -0.2) is 29.6 Å². The average Bonchev–Trinajstić information content (AvgIpc) is 2.15. The van der Waals surface area contributed by atoms with Gasteiger partial charge in [0.2, 0.25) is 0 Å². The van der Waals surface area contributed by atoms with E-state index in [0.29, 0.717) is 0 Å². The number of hydrazine groups is 1. The van der Waals surface area contributed by atoms with Gasteiger partial charge in [0.25, 0.3) is 0 Å². The molecular weight excluding hydrogens is 174 g/mol. The van der Waals surface area contributed by atoms with E-state index in [1.807, 2.05) is 6.08 Å². The highest BCUT2D eigenvalue weighted by molar-refractivity contribution is 4.95. The first-order chi connectivity index (χ1) is 6.54. The van der Waals surface area contributed by atoms with Crippen LogP contribution in [0, 0.1) is 0 Å². The molecular formula is C11H25N3. The lowest BCUT2D eigenvalue weighted by molar-refractivity contribution is 0.0923. The molecule has 0 heterocycles. The summed E-state index contributed by atoms with van der Waals surface area (Å²) in [5.74, 6) is 5.57. The van der Waals surface area contributed by atoms with Crippen molar-refractivity contribution in [2.24, 2.45) is 5.84 Å². The van der Waals surface area contributed by atoms with Crippen molar-refractivity contribution in [1.29, 1.82) is 0 Å². The van der Waals surface area contributed by atoms with Crippen molar-refractivity contribution in [2.45, 2.75) is 45.7 Å². The second kappa shape index (κ2) is 6.17. The Morgan fingerprint density at radius 1 is 1.43 bits per heavy atom. The lowest BCUT2D eigenvalue weighted by Crippen LogP contribution is -2.59. The summed E-state index contributed by atoms with van der Waals surface area (Å²) < 4.78 is 0. The molecule has 0 aromatic rings. The van der Waals surface area contributed by atoms with Crippen molar-refractivity contribution in [3.8, 4) is 0 Å². The summed E-state index contributed by atoms with van der Waals surface area (Å²) in [6.45, 7) is 14.6. The summed E-state index contributed by atoms with van der Waals surface area (Å²) in [4.78, 5) is 2.40. The minimum Gasteiger partial charge on any atom is -0.297 e. The van der Waals surface area contributed by atoms with Crippen LogP contribution in [0.4, 0.5) is 0 Å². The van der Waals surface area contributed by atoms with Crippen molar-refractivity contribution in [3.63, 3.8) is 0 Å². The molecule has 0 amide bonds. The quantitative estimate of drug-likeness (QED) is 0.371. The monoisotopic (exact) mass is 199 g/mol. The number of rotatable bonds is 7. The second-order valence-electron chi connectivity index (χ2n) is 4.07. The molecule has 1 unspecified atom stereocenters. The summed E-state index contributed by atoms with van der Waals surface area (Å²) in [5, 5.41) is 0. The van der Waals surface area contributed by atoms with Gasteiger partial charge >= 0.3 is 0 Å². The van der Waals surface area contributed by atoms with Gasteiger partial charge in [-0.05, 0) is 33.4 Å². The van der Waals surface area contributed by atoms with E-state index in [1.165, 1.54) is 0 Å². The maximum atomic E-state index is 5.57. The van der Waals surface area contributed by atoms with Crippen LogP contribution in [0.2, 0.25) is 0 Å². The summed E-state index contributed by atoms with van der Waals surface area (Å²) in [6.07, 6.45) is 2.80. The molecule has 14 heavy (non-hydrogen) atoms. The van der Waals surface area contributed by atoms with E-state index >= 15 is 0 Å². The number of nitrogens with one attached hydrogen (secondary N) is 1. The maximum Gasteiger partial charge on any atom is 0.0423 e. The molecule has 0 aliphatic heterocycles. The Bertz CT molecular complexity index is 162. The Hall–Kier alpha value is -0.380. The van der Waals surface area contributed by atoms with Gasteiger partial charge in [-0.1, -0.05) is 19.9 Å². The van der Waals surface area contributed by atoms with Crippen LogP contribution in [0.5, 0.6) is 0 Å². The molecule has 0 aliphatic rings. The molecule has 0 bridgehead atoms. The molecule has 1 atom stereocenters. The number of hydrogen-bond donors (Lipinski definition) is 2. The fourth-order valence-corrected chi connectivity index (χ4v) is 1.99. The molecule has 0 aliphatic carbocycles. The number of nitrogens with two attached hydrogens (primary N) is 1. The van der Waals surface area contributed by atoms with Crippen molar-refractivity contribution in [2.75, 3.05) is 13.1 Å². The van der Waals surface area contributed by atoms with Crippen LogP contribution < -0.4 is 11.3 Å². The first-order valence-corrected chi connectivity index (χ1v) is 5.36. The highest BCUT2D eigenvalue weighted by Gasteiger charge is 2.32. The van der Waals surface area contributed by atoms with E-state index in [-0.39, 0.29) is 11.6 Å². The van der Waals surface area contributed by atoms with E-state index in [1.54, 1.807) is 0 Å². The predicted octanol–water partition coefficient (Wildman–Crippen LogP) is 1.51. The van der Waals surface area contributed by atoms with Crippen molar-refractivity contribution in [3.05, 3.63) is 12.7 Å². The normalized spacial score (nSPS) is 14.4. The highest BCUT2D eigenvalue weighted by atomic mass is 15.3. The Balaban J connectivity index is 4.58. The van der Waals surface area contributed by atoms with E-state index in [9.17, 15) is 0 Å². The van der Waals surface area contributed by atoms with Gasteiger partial charge in [-0.25, -0.2) is 0 Å². The standard InChI is InChI=1S/C11H25N3/c1-6-9-10(13-12)11(4,5)14(7-2)8-3/h6,10,13H,1,7-9,12H2,2-5H3. The van der Waals surface area contributed by atoms with Gasteiger partial charge in [-0.2, -0.15) is 0 Å². The van der Waals surface area contributed by atoms with Gasteiger partial charge in [0.1, 0.15) is 0 Å². The van der Waals surface area contributed by atoms with Crippen molar-refractivity contribution < 1.29 is 0 Å². The van der Waals surface area contributed by atoms with Crippen LogP contribution in [-0.2, 0) is 0 Å². The zero-order chi connectivity index (χ0) is 11.2. The topological polar surface area (TPSA) is 41.3 Å². The molecule has 0 spiro atoms. The van der Waals surface area contributed by atoms with Gasteiger partial charge in [0.05, 0.1) is 0 Å². The Labute approximate surface area is 88.3 Å². The summed E-state index contributed by atoms with van der Waals surface area (Å²) in [7, 11) is 0. The minimum atomic E-state index is 0.0619. The Morgan fingerprint density at radius 3 is 2.21 bits per heavy atom. The summed E-state index contributed by atoms with van der Waals surface area (Å²) in [5.41, 5.74) is 2.94. The molecule has 0 aromatic carbocycles. The SMILES string of the molecule is C=CCC(NN)C(C)(C)N(CC)CC. The third-order valence-corrected chi connectivity index (χ3v) is 3.03. The zero-order valence-corrected chi connectivity index (χ0v) is 10.0. The number of likely N-dealkylation sites (N-methyl/N-ethyl adjacent to an activating group) is 1. The zero-order valence-electron chi connectivity index (χ0n) is 10.0. The largest absolute Gasteiger partial charge is 0.297 e.